The fourth-order valence-electron chi connectivity index (χ4n) is 4.37. The molecule has 0 saturated heterocycles. The van der Waals surface area contributed by atoms with Crippen molar-refractivity contribution in [2.75, 3.05) is 0 Å². The monoisotopic (exact) mass is 509 g/mol. The molecule has 4 nitrogen and oxygen atoms in total. The number of carbonyl (C=O) groups excluding carboxylic acids is 1. The van der Waals surface area contributed by atoms with E-state index in [-0.39, 0.29) is 12.3 Å². The molecule has 0 saturated carbocycles. The van der Waals surface area contributed by atoms with Crippen molar-refractivity contribution in [1.82, 2.24) is 4.57 Å². The highest BCUT2D eigenvalue weighted by Crippen LogP contribution is 2.39. The molecule has 4 aromatic carbocycles. The van der Waals surface area contributed by atoms with Crippen LogP contribution in [0.5, 0.6) is 5.75 Å². The van der Waals surface area contributed by atoms with E-state index < -0.39 is 12.5 Å². The third kappa shape index (κ3) is 4.20. The largest absolute Gasteiger partial charge is 0.434 e. The van der Waals surface area contributed by atoms with Crippen molar-refractivity contribution in [2.24, 2.45) is 5.73 Å². The Balaban J connectivity index is 1.80. The molecule has 0 unspecified atom stereocenters. The average Bonchev–Trinajstić information content (AvgIpc) is 3.13. The lowest BCUT2D eigenvalue weighted by Crippen LogP contribution is -2.11. The Morgan fingerprint density at radius 2 is 1.71 bits per heavy atom. The number of halogens is 4. The SMILES string of the molecule is NC(=O)c1cccc2c1c1[c]cc(-c3c(Cl)cccc3Cl)cc1n2Cc1ccccc1OC(F)F. The number of nitrogens with zero attached hydrogens (tertiary/aromatic N) is 1. The van der Waals surface area contributed by atoms with Gasteiger partial charge in [0, 0.05) is 37.5 Å². The molecule has 0 bridgehead atoms. The second kappa shape index (κ2) is 9.21. The number of primary amides is 1. The van der Waals surface area contributed by atoms with Crippen molar-refractivity contribution in [3.8, 4) is 16.9 Å². The van der Waals surface area contributed by atoms with Gasteiger partial charge in [-0.1, -0.05) is 53.5 Å². The Morgan fingerprint density at radius 1 is 1.00 bits per heavy atom. The van der Waals surface area contributed by atoms with E-state index in [1.807, 2.05) is 16.7 Å². The first kappa shape index (κ1) is 23.1. The number of rotatable bonds is 6. The van der Waals surface area contributed by atoms with Crippen molar-refractivity contribution in [3.05, 3.63) is 100 Å². The van der Waals surface area contributed by atoms with Crippen LogP contribution in [0.25, 0.3) is 32.9 Å². The molecule has 5 aromatic rings. The lowest BCUT2D eigenvalue weighted by atomic mass is 10.0. The number of amides is 1. The van der Waals surface area contributed by atoms with Crippen LogP contribution >= 0.6 is 23.2 Å². The number of aromatic nitrogens is 1. The summed E-state index contributed by atoms with van der Waals surface area (Å²) in [4.78, 5) is 12.2. The minimum absolute atomic E-state index is 0.0674. The van der Waals surface area contributed by atoms with E-state index in [0.717, 1.165) is 5.56 Å². The number of para-hydroxylation sites is 1. The smallest absolute Gasteiger partial charge is 0.387 e. The Kier molecular flexibility index (Phi) is 6.09. The Bertz CT molecular complexity index is 1580. The molecule has 0 atom stereocenters. The second-order valence-corrected chi connectivity index (χ2v) is 8.70. The van der Waals surface area contributed by atoms with Gasteiger partial charge in [0.1, 0.15) is 5.75 Å². The van der Waals surface area contributed by atoms with E-state index in [2.05, 4.69) is 6.07 Å². The van der Waals surface area contributed by atoms with Crippen LogP contribution in [0.3, 0.4) is 0 Å². The Labute approximate surface area is 209 Å². The summed E-state index contributed by atoms with van der Waals surface area (Å²) in [7, 11) is 0. The molecule has 8 heteroatoms. The van der Waals surface area contributed by atoms with Gasteiger partial charge in [-0.25, -0.2) is 0 Å². The van der Waals surface area contributed by atoms with Gasteiger partial charge < -0.3 is 15.0 Å². The van der Waals surface area contributed by atoms with Crippen LogP contribution < -0.4 is 10.5 Å². The van der Waals surface area contributed by atoms with Gasteiger partial charge in [-0.15, -0.1) is 0 Å². The third-order valence-electron chi connectivity index (χ3n) is 5.83. The van der Waals surface area contributed by atoms with E-state index in [1.165, 1.54) is 6.07 Å². The maximum Gasteiger partial charge on any atom is 0.387 e. The number of carbonyl (C=O) groups is 1. The highest BCUT2D eigenvalue weighted by atomic mass is 35.5. The number of hydrogen-bond acceptors (Lipinski definition) is 2. The number of nitrogens with two attached hydrogens (primary N) is 1. The number of benzene rings is 4. The van der Waals surface area contributed by atoms with E-state index in [0.29, 0.717) is 48.5 Å². The van der Waals surface area contributed by atoms with Crippen LogP contribution in [-0.4, -0.2) is 17.1 Å². The summed E-state index contributed by atoms with van der Waals surface area (Å²) in [6.07, 6.45) is 0. The van der Waals surface area contributed by atoms with E-state index in [1.54, 1.807) is 54.6 Å². The molecule has 35 heavy (non-hydrogen) atoms. The summed E-state index contributed by atoms with van der Waals surface area (Å²) in [6, 6.07) is 23.9. The Morgan fingerprint density at radius 3 is 2.43 bits per heavy atom. The highest BCUT2D eigenvalue weighted by Gasteiger charge is 2.20. The van der Waals surface area contributed by atoms with Crippen molar-refractivity contribution >= 4 is 50.9 Å². The standard InChI is InChI=1S/C27H17Cl2F2N2O2/c28-19-7-4-8-20(29)24(19)15-11-12-17-22(13-15)33(21-9-3-6-18(25(17)21)26(32)34)14-16-5-1-2-10-23(16)35-27(30)31/h1-11,13,27H,14H2,(H2,32,34). The zero-order chi connectivity index (χ0) is 24.7. The maximum absolute atomic E-state index is 13.0. The van der Waals surface area contributed by atoms with Crippen LogP contribution in [-0.2, 0) is 6.54 Å². The summed E-state index contributed by atoms with van der Waals surface area (Å²) in [5, 5.41) is 2.23. The fraction of sp³-hybridized carbons (Fsp3) is 0.0741. The quantitative estimate of drug-likeness (QED) is 0.260. The molecule has 175 valence electrons. The molecule has 1 aromatic heterocycles. The molecular formula is C27H17Cl2F2N2O2. The zero-order valence-corrected chi connectivity index (χ0v) is 19.6. The first-order valence-corrected chi connectivity index (χ1v) is 11.3. The lowest BCUT2D eigenvalue weighted by molar-refractivity contribution is -0.0504. The highest BCUT2D eigenvalue weighted by molar-refractivity contribution is 6.39. The Hall–Kier alpha value is -3.61. The number of fused-ring (bicyclic) bond motifs is 3. The van der Waals surface area contributed by atoms with Crippen LogP contribution in [0.4, 0.5) is 8.78 Å². The third-order valence-corrected chi connectivity index (χ3v) is 6.46. The summed E-state index contributed by atoms with van der Waals surface area (Å²) in [6.45, 7) is -2.77. The molecule has 0 aliphatic rings. The summed E-state index contributed by atoms with van der Waals surface area (Å²) in [5.74, 6) is -0.513. The van der Waals surface area contributed by atoms with Gasteiger partial charge in [0.2, 0.25) is 5.91 Å². The van der Waals surface area contributed by atoms with Gasteiger partial charge in [-0.2, -0.15) is 8.78 Å². The molecule has 0 spiro atoms. The minimum Gasteiger partial charge on any atom is -0.434 e. The van der Waals surface area contributed by atoms with E-state index in [9.17, 15) is 13.6 Å². The molecule has 0 aliphatic carbocycles. The molecule has 1 amide bonds. The summed E-state index contributed by atoms with van der Waals surface area (Å²) >= 11 is 12.9. The van der Waals surface area contributed by atoms with Crippen molar-refractivity contribution in [2.45, 2.75) is 13.2 Å². The minimum atomic E-state index is -2.96. The van der Waals surface area contributed by atoms with Crippen molar-refractivity contribution in [3.63, 3.8) is 0 Å². The normalized spacial score (nSPS) is 11.5. The first-order valence-electron chi connectivity index (χ1n) is 10.6. The van der Waals surface area contributed by atoms with Crippen molar-refractivity contribution < 1.29 is 18.3 Å². The van der Waals surface area contributed by atoms with Gasteiger partial charge in [0.25, 0.3) is 0 Å². The summed E-state index contributed by atoms with van der Waals surface area (Å²) < 4.78 is 32.7. The van der Waals surface area contributed by atoms with E-state index >= 15 is 0 Å². The molecule has 0 aliphatic heterocycles. The van der Waals surface area contributed by atoms with Crippen LogP contribution in [0.1, 0.15) is 15.9 Å². The molecule has 1 radical (unpaired) electrons. The van der Waals surface area contributed by atoms with E-state index in [4.69, 9.17) is 33.7 Å². The zero-order valence-electron chi connectivity index (χ0n) is 18.1. The van der Waals surface area contributed by atoms with Crippen molar-refractivity contribution in [1.29, 1.82) is 0 Å². The number of ether oxygens (including phenoxy) is 1. The van der Waals surface area contributed by atoms with Crippen LogP contribution in [0.15, 0.2) is 72.8 Å². The molecule has 1 heterocycles. The topological polar surface area (TPSA) is 57.2 Å². The predicted molar refractivity (Wildman–Crippen MR) is 134 cm³/mol. The van der Waals surface area contributed by atoms with Gasteiger partial charge in [0.05, 0.1) is 17.6 Å². The lowest BCUT2D eigenvalue weighted by Gasteiger charge is -2.14. The predicted octanol–water partition coefficient (Wildman–Crippen LogP) is 7.32. The van der Waals surface area contributed by atoms with Gasteiger partial charge in [-0.3, -0.25) is 4.79 Å². The molecule has 0 fully saturated rings. The summed E-state index contributed by atoms with van der Waals surface area (Å²) in [5.41, 5.74) is 9.30. The molecular weight excluding hydrogens is 493 g/mol. The van der Waals surface area contributed by atoms with Gasteiger partial charge in [0.15, 0.2) is 0 Å². The first-order chi connectivity index (χ1) is 16.8. The fourth-order valence-corrected chi connectivity index (χ4v) is 4.98. The molecule has 2 N–H and O–H groups in total. The number of hydrogen-bond donors (Lipinski definition) is 1. The van der Waals surface area contributed by atoms with Gasteiger partial charge >= 0.3 is 6.61 Å². The number of alkyl halides is 2. The van der Waals surface area contributed by atoms with Gasteiger partial charge in [-0.05, 0) is 54.1 Å². The van der Waals surface area contributed by atoms with Crippen LogP contribution in [0.2, 0.25) is 10.0 Å². The average molecular weight is 510 g/mol. The van der Waals surface area contributed by atoms with Crippen LogP contribution in [0, 0.1) is 6.07 Å². The maximum atomic E-state index is 13.0. The second-order valence-electron chi connectivity index (χ2n) is 7.88. The molecule has 5 rings (SSSR count).